The summed E-state index contributed by atoms with van der Waals surface area (Å²) in [6.45, 7) is 5.36. The van der Waals surface area contributed by atoms with Gasteiger partial charge in [0.1, 0.15) is 11.7 Å². The summed E-state index contributed by atoms with van der Waals surface area (Å²) >= 11 is 0. The van der Waals surface area contributed by atoms with Gasteiger partial charge in [-0.2, -0.15) is 0 Å². The number of fused-ring (bicyclic) bond motifs is 1. The fraction of sp³-hybridized carbons (Fsp3) is 0.185. The summed E-state index contributed by atoms with van der Waals surface area (Å²) in [5.74, 6) is -0.481. The number of anilines is 2. The van der Waals surface area contributed by atoms with Gasteiger partial charge in [-0.15, -0.1) is 0 Å². The fourth-order valence-electron chi connectivity index (χ4n) is 3.82. The predicted octanol–water partition coefficient (Wildman–Crippen LogP) is 4.92. The average molecular weight is 455 g/mol. The third-order valence-electron chi connectivity index (χ3n) is 5.74. The Hall–Kier alpha value is -4.26. The van der Waals surface area contributed by atoms with Gasteiger partial charge in [0.15, 0.2) is 0 Å². The van der Waals surface area contributed by atoms with Gasteiger partial charge in [0.2, 0.25) is 11.8 Å². The van der Waals surface area contributed by atoms with Crippen molar-refractivity contribution in [2.24, 2.45) is 0 Å². The summed E-state index contributed by atoms with van der Waals surface area (Å²) in [5.41, 5.74) is 3.50. The predicted molar refractivity (Wildman–Crippen MR) is 135 cm³/mol. The van der Waals surface area contributed by atoms with Crippen LogP contribution in [0.1, 0.15) is 31.9 Å². The standard InChI is InChI=1S/C27H26N4O3/c1-4-24(32)28-21-14-8-6-12-19(21)25-27(34)31(23-16-10-9-15-22(23)29-25)18(3)26(33)30-20-13-7-5-11-17(20)2/h5-16,18H,4H2,1-3H3,(H,28,32)(H,30,33). The van der Waals surface area contributed by atoms with E-state index in [0.29, 0.717) is 34.4 Å². The lowest BCUT2D eigenvalue weighted by Crippen LogP contribution is -2.33. The summed E-state index contributed by atoms with van der Waals surface area (Å²) in [6.07, 6.45) is 0.305. The lowest BCUT2D eigenvalue weighted by atomic mass is 10.1. The van der Waals surface area contributed by atoms with E-state index in [1.165, 1.54) is 4.57 Å². The second kappa shape index (κ2) is 9.70. The van der Waals surface area contributed by atoms with E-state index in [2.05, 4.69) is 15.6 Å². The Morgan fingerprint density at radius 1 is 0.912 bits per heavy atom. The van der Waals surface area contributed by atoms with E-state index in [1.807, 2.05) is 37.3 Å². The van der Waals surface area contributed by atoms with Gasteiger partial charge in [-0.25, -0.2) is 4.98 Å². The Labute approximate surface area is 197 Å². The molecule has 0 spiro atoms. The van der Waals surface area contributed by atoms with E-state index in [4.69, 9.17) is 0 Å². The number of para-hydroxylation sites is 4. The zero-order valence-electron chi connectivity index (χ0n) is 19.3. The van der Waals surface area contributed by atoms with Gasteiger partial charge in [-0.1, -0.05) is 55.5 Å². The molecule has 0 saturated heterocycles. The molecule has 34 heavy (non-hydrogen) atoms. The quantitative estimate of drug-likeness (QED) is 0.432. The molecular formula is C27H26N4O3. The Morgan fingerprint density at radius 2 is 1.56 bits per heavy atom. The topological polar surface area (TPSA) is 93.1 Å². The van der Waals surface area contributed by atoms with Crippen LogP contribution in [0.5, 0.6) is 0 Å². The molecule has 1 unspecified atom stereocenters. The zero-order chi connectivity index (χ0) is 24.2. The molecule has 2 N–H and O–H groups in total. The van der Waals surface area contributed by atoms with Crippen molar-refractivity contribution in [3.8, 4) is 11.3 Å². The highest BCUT2D eigenvalue weighted by atomic mass is 16.2. The van der Waals surface area contributed by atoms with E-state index < -0.39 is 11.6 Å². The van der Waals surface area contributed by atoms with E-state index >= 15 is 0 Å². The third-order valence-corrected chi connectivity index (χ3v) is 5.74. The molecule has 0 bridgehead atoms. The number of nitrogens with zero attached hydrogens (tertiary/aromatic N) is 2. The van der Waals surface area contributed by atoms with Crippen LogP contribution < -0.4 is 16.2 Å². The fourth-order valence-corrected chi connectivity index (χ4v) is 3.82. The summed E-state index contributed by atoms with van der Waals surface area (Å²) < 4.78 is 1.46. The first kappa shape index (κ1) is 22.9. The molecular weight excluding hydrogens is 428 g/mol. The molecule has 4 aromatic rings. The highest BCUT2D eigenvalue weighted by Gasteiger charge is 2.23. The molecule has 4 rings (SSSR count). The lowest BCUT2D eigenvalue weighted by Gasteiger charge is -2.20. The van der Waals surface area contributed by atoms with Crippen molar-refractivity contribution >= 4 is 34.2 Å². The molecule has 0 fully saturated rings. The molecule has 1 heterocycles. The van der Waals surface area contributed by atoms with Crippen molar-refractivity contribution in [2.45, 2.75) is 33.2 Å². The van der Waals surface area contributed by atoms with Crippen molar-refractivity contribution in [3.63, 3.8) is 0 Å². The number of benzene rings is 3. The summed E-state index contributed by atoms with van der Waals surface area (Å²) in [5, 5.41) is 5.77. The summed E-state index contributed by atoms with van der Waals surface area (Å²) in [4.78, 5) is 43.7. The molecule has 3 aromatic carbocycles. The Balaban J connectivity index is 1.85. The maximum absolute atomic E-state index is 13.8. The number of nitrogens with one attached hydrogen (secondary N) is 2. The molecule has 7 heteroatoms. The second-order valence-electron chi connectivity index (χ2n) is 8.05. The van der Waals surface area contributed by atoms with Crippen LogP contribution in [0.25, 0.3) is 22.3 Å². The number of rotatable bonds is 6. The molecule has 7 nitrogen and oxygen atoms in total. The first-order valence-electron chi connectivity index (χ1n) is 11.2. The number of carbonyl (C=O) groups excluding carboxylic acids is 2. The van der Waals surface area contributed by atoms with Crippen molar-refractivity contribution in [2.75, 3.05) is 10.6 Å². The van der Waals surface area contributed by atoms with Crippen LogP contribution in [-0.4, -0.2) is 21.4 Å². The third kappa shape index (κ3) is 4.45. The van der Waals surface area contributed by atoms with Crippen LogP contribution in [0.3, 0.4) is 0 Å². The van der Waals surface area contributed by atoms with Crippen LogP contribution >= 0.6 is 0 Å². The molecule has 172 valence electrons. The lowest BCUT2D eigenvalue weighted by molar-refractivity contribution is -0.119. The van der Waals surface area contributed by atoms with Gasteiger partial charge in [0, 0.05) is 17.7 Å². The van der Waals surface area contributed by atoms with E-state index in [1.54, 1.807) is 56.3 Å². The minimum atomic E-state index is -0.809. The molecule has 0 aliphatic heterocycles. The maximum atomic E-state index is 13.8. The number of hydrogen-bond donors (Lipinski definition) is 2. The highest BCUT2D eigenvalue weighted by Crippen LogP contribution is 2.27. The van der Waals surface area contributed by atoms with Gasteiger partial charge >= 0.3 is 0 Å². The van der Waals surface area contributed by atoms with Crippen molar-refractivity contribution in [1.29, 1.82) is 0 Å². The van der Waals surface area contributed by atoms with Gasteiger partial charge in [0.05, 0.1) is 16.7 Å². The number of aromatic nitrogens is 2. The zero-order valence-corrected chi connectivity index (χ0v) is 19.3. The first-order valence-corrected chi connectivity index (χ1v) is 11.2. The van der Waals surface area contributed by atoms with Crippen molar-refractivity contribution in [1.82, 2.24) is 9.55 Å². The Bertz CT molecular complexity index is 1440. The van der Waals surface area contributed by atoms with Crippen LogP contribution in [0.2, 0.25) is 0 Å². The van der Waals surface area contributed by atoms with Gasteiger partial charge in [0.25, 0.3) is 5.56 Å². The van der Waals surface area contributed by atoms with Gasteiger partial charge in [-0.05, 0) is 43.7 Å². The number of aryl methyl sites for hydroxylation is 1. The molecule has 1 aromatic heterocycles. The van der Waals surface area contributed by atoms with Gasteiger partial charge in [-0.3, -0.25) is 19.0 Å². The molecule has 0 radical (unpaired) electrons. The Kier molecular flexibility index (Phi) is 6.54. The summed E-state index contributed by atoms with van der Waals surface area (Å²) in [7, 11) is 0. The highest BCUT2D eigenvalue weighted by molar-refractivity contribution is 5.97. The molecule has 0 saturated carbocycles. The maximum Gasteiger partial charge on any atom is 0.278 e. The van der Waals surface area contributed by atoms with E-state index in [-0.39, 0.29) is 17.5 Å². The molecule has 0 aliphatic rings. The van der Waals surface area contributed by atoms with Crippen LogP contribution in [0.4, 0.5) is 11.4 Å². The smallest absolute Gasteiger partial charge is 0.278 e. The average Bonchev–Trinajstić information content (AvgIpc) is 2.85. The monoisotopic (exact) mass is 454 g/mol. The molecule has 0 aliphatic carbocycles. The number of hydrogen-bond acceptors (Lipinski definition) is 4. The van der Waals surface area contributed by atoms with Crippen LogP contribution in [0, 0.1) is 6.92 Å². The molecule has 2 amide bonds. The van der Waals surface area contributed by atoms with Crippen molar-refractivity contribution in [3.05, 3.63) is 88.7 Å². The normalized spacial score (nSPS) is 11.7. The first-order chi connectivity index (χ1) is 16.4. The minimum Gasteiger partial charge on any atom is -0.325 e. The number of carbonyl (C=O) groups is 2. The van der Waals surface area contributed by atoms with E-state index in [0.717, 1.165) is 5.56 Å². The second-order valence-corrected chi connectivity index (χ2v) is 8.05. The van der Waals surface area contributed by atoms with Crippen LogP contribution in [-0.2, 0) is 9.59 Å². The molecule has 1 atom stereocenters. The Morgan fingerprint density at radius 3 is 2.29 bits per heavy atom. The minimum absolute atomic E-state index is 0.167. The van der Waals surface area contributed by atoms with Crippen LogP contribution in [0.15, 0.2) is 77.6 Å². The van der Waals surface area contributed by atoms with Crippen molar-refractivity contribution < 1.29 is 9.59 Å². The SMILES string of the molecule is CCC(=O)Nc1ccccc1-c1nc2ccccc2n(C(C)C(=O)Nc2ccccc2C)c1=O. The van der Waals surface area contributed by atoms with Gasteiger partial charge < -0.3 is 10.6 Å². The largest absolute Gasteiger partial charge is 0.325 e. The summed E-state index contributed by atoms with van der Waals surface area (Å²) in [6, 6.07) is 20.9. The number of amides is 2. The van der Waals surface area contributed by atoms with E-state index in [9.17, 15) is 14.4 Å².